The van der Waals surface area contributed by atoms with Crippen LogP contribution in [0.15, 0.2) is 47.4 Å². The molecule has 158 valence electrons. The van der Waals surface area contributed by atoms with E-state index in [-0.39, 0.29) is 22.0 Å². The average Bonchev–Trinajstić information content (AvgIpc) is 3.21. The predicted molar refractivity (Wildman–Crippen MR) is 112 cm³/mol. The normalized spacial score (nSPS) is 11.5. The molecule has 0 aliphatic carbocycles. The highest BCUT2D eigenvalue weighted by Crippen LogP contribution is 2.22. The van der Waals surface area contributed by atoms with Gasteiger partial charge in [-0.3, -0.25) is 9.89 Å². The topological polar surface area (TPSA) is 117 Å². The molecule has 0 saturated heterocycles. The summed E-state index contributed by atoms with van der Waals surface area (Å²) in [5.74, 6) is 1.09. The monoisotopic (exact) mass is 449 g/mol. The molecule has 0 aliphatic heterocycles. The van der Waals surface area contributed by atoms with Crippen molar-refractivity contribution >= 4 is 27.5 Å². The van der Waals surface area contributed by atoms with Crippen molar-refractivity contribution in [3.05, 3.63) is 58.9 Å². The smallest absolute Gasteiger partial charge is 0.253 e. The first-order chi connectivity index (χ1) is 14.2. The van der Waals surface area contributed by atoms with E-state index in [1.807, 2.05) is 12.1 Å². The lowest BCUT2D eigenvalue weighted by Crippen LogP contribution is -2.25. The third-order valence-electron chi connectivity index (χ3n) is 4.26. The fourth-order valence-corrected chi connectivity index (χ4v) is 3.68. The van der Waals surface area contributed by atoms with E-state index in [0.717, 1.165) is 15.6 Å². The number of nitrogens with zero attached hydrogens (tertiary/aromatic N) is 3. The molecule has 0 spiro atoms. The summed E-state index contributed by atoms with van der Waals surface area (Å²) < 4.78 is 30.8. The second-order valence-corrected chi connectivity index (χ2v) is 9.01. The number of amides is 1. The van der Waals surface area contributed by atoms with Gasteiger partial charge < -0.3 is 10.1 Å². The summed E-state index contributed by atoms with van der Waals surface area (Å²) >= 11 is 6.10. The molecule has 0 bridgehead atoms. The molecule has 0 unspecified atom stereocenters. The van der Waals surface area contributed by atoms with Crippen molar-refractivity contribution in [3.8, 4) is 17.1 Å². The fourth-order valence-electron chi connectivity index (χ4n) is 2.55. The zero-order chi connectivity index (χ0) is 21.9. The largest absolute Gasteiger partial charge is 0.497 e. The first kappa shape index (κ1) is 21.8. The molecule has 1 heterocycles. The van der Waals surface area contributed by atoms with E-state index in [1.165, 1.54) is 32.3 Å². The van der Waals surface area contributed by atoms with Gasteiger partial charge in [0.15, 0.2) is 5.82 Å². The van der Waals surface area contributed by atoms with Crippen molar-refractivity contribution in [2.75, 3.05) is 21.2 Å². The van der Waals surface area contributed by atoms with Crippen LogP contribution in [0, 0.1) is 0 Å². The van der Waals surface area contributed by atoms with Crippen LogP contribution in [0.3, 0.4) is 0 Å². The molecule has 0 saturated carbocycles. The number of benzene rings is 2. The zero-order valence-electron chi connectivity index (χ0n) is 16.5. The Morgan fingerprint density at radius 2 is 1.90 bits per heavy atom. The number of aromatic nitrogens is 3. The van der Waals surface area contributed by atoms with Crippen LogP contribution < -0.4 is 10.1 Å². The summed E-state index contributed by atoms with van der Waals surface area (Å²) in [6, 6.07) is 11.2. The number of carbonyl (C=O) groups excluding carboxylic acids is 1. The Morgan fingerprint density at radius 1 is 1.20 bits per heavy atom. The maximum Gasteiger partial charge on any atom is 0.253 e. The Morgan fingerprint density at radius 3 is 2.53 bits per heavy atom. The van der Waals surface area contributed by atoms with Gasteiger partial charge in [0, 0.05) is 19.7 Å². The highest BCUT2D eigenvalue weighted by Gasteiger charge is 2.21. The second-order valence-electron chi connectivity index (χ2n) is 6.45. The minimum Gasteiger partial charge on any atom is -0.497 e. The molecule has 0 radical (unpaired) electrons. The number of sulfonamides is 1. The molecule has 0 atom stereocenters. The van der Waals surface area contributed by atoms with Crippen molar-refractivity contribution < 1.29 is 17.9 Å². The Bertz CT molecular complexity index is 1160. The van der Waals surface area contributed by atoms with Crippen molar-refractivity contribution in [2.24, 2.45) is 0 Å². The van der Waals surface area contributed by atoms with E-state index < -0.39 is 15.9 Å². The van der Waals surface area contributed by atoms with E-state index in [0.29, 0.717) is 11.6 Å². The third kappa shape index (κ3) is 4.61. The molecule has 9 nitrogen and oxygen atoms in total. The maximum absolute atomic E-state index is 12.6. The van der Waals surface area contributed by atoms with E-state index >= 15 is 0 Å². The summed E-state index contributed by atoms with van der Waals surface area (Å²) in [4.78, 5) is 16.9. The van der Waals surface area contributed by atoms with Gasteiger partial charge in [-0.05, 0) is 42.5 Å². The van der Waals surface area contributed by atoms with Crippen LogP contribution in [0.1, 0.15) is 16.2 Å². The maximum atomic E-state index is 12.6. The number of rotatable bonds is 7. The first-order valence-corrected chi connectivity index (χ1v) is 10.6. The number of hydrogen-bond donors (Lipinski definition) is 2. The van der Waals surface area contributed by atoms with E-state index in [4.69, 9.17) is 16.3 Å². The molecule has 3 aromatic rings. The highest BCUT2D eigenvalue weighted by atomic mass is 35.5. The highest BCUT2D eigenvalue weighted by molar-refractivity contribution is 7.89. The molecule has 1 amide bonds. The lowest BCUT2D eigenvalue weighted by atomic mass is 10.2. The van der Waals surface area contributed by atoms with Crippen LogP contribution in [0.25, 0.3) is 11.4 Å². The number of hydrogen-bond acceptors (Lipinski definition) is 6. The van der Waals surface area contributed by atoms with Crippen molar-refractivity contribution in [2.45, 2.75) is 11.4 Å². The van der Waals surface area contributed by atoms with Gasteiger partial charge in [0.1, 0.15) is 11.6 Å². The van der Waals surface area contributed by atoms with Crippen molar-refractivity contribution in [1.82, 2.24) is 24.8 Å². The van der Waals surface area contributed by atoms with Crippen molar-refractivity contribution in [3.63, 3.8) is 0 Å². The summed E-state index contributed by atoms with van der Waals surface area (Å²) in [5, 5.41) is 9.70. The molecular weight excluding hydrogens is 430 g/mol. The Hall–Kier alpha value is -2.95. The molecule has 0 fully saturated rings. The number of nitrogens with one attached hydrogen (secondary N) is 2. The Balaban J connectivity index is 1.72. The summed E-state index contributed by atoms with van der Waals surface area (Å²) in [7, 11) is 0.713. The number of H-pyrrole nitrogens is 1. The lowest BCUT2D eigenvalue weighted by Gasteiger charge is -2.13. The molecule has 2 N–H and O–H groups in total. The number of methoxy groups -OCH3 is 1. The van der Waals surface area contributed by atoms with Gasteiger partial charge in [-0.25, -0.2) is 17.7 Å². The molecule has 1 aromatic heterocycles. The van der Waals surface area contributed by atoms with Gasteiger partial charge in [0.05, 0.1) is 29.1 Å². The summed E-state index contributed by atoms with van der Waals surface area (Å²) in [6.45, 7) is 0.0585. The molecule has 0 aliphatic rings. The van der Waals surface area contributed by atoms with Crippen LogP contribution in [0.4, 0.5) is 0 Å². The summed E-state index contributed by atoms with van der Waals surface area (Å²) in [6.07, 6.45) is 0. The number of ether oxygens (including phenoxy) is 1. The van der Waals surface area contributed by atoms with Gasteiger partial charge in [-0.1, -0.05) is 11.6 Å². The lowest BCUT2D eigenvalue weighted by molar-refractivity contribution is 0.0950. The Kier molecular flexibility index (Phi) is 6.40. The minimum atomic E-state index is -3.69. The Labute approximate surface area is 179 Å². The third-order valence-corrected chi connectivity index (χ3v) is 6.40. The van der Waals surface area contributed by atoms with Crippen LogP contribution in [-0.4, -0.2) is 55.0 Å². The number of halogens is 1. The van der Waals surface area contributed by atoms with Gasteiger partial charge in [-0.15, -0.1) is 0 Å². The number of aromatic amines is 1. The second kappa shape index (κ2) is 8.82. The molecule has 30 heavy (non-hydrogen) atoms. The predicted octanol–water partition coefficient (Wildman–Crippen LogP) is 2.31. The average molecular weight is 450 g/mol. The van der Waals surface area contributed by atoms with Gasteiger partial charge >= 0.3 is 0 Å². The van der Waals surface area contributed by atoms with Gasteiger partial charge in [0.25, 0.3) is 5.91 Å². The molecule has 3 rings (SSSR count). The molecular formula is C19H20ClN5O4S. The number of carbonyl (C=O) groups is 1. The quantitative estimate of drug-likeness (QED) is 0.571. The van der Waals surface area contributed by atoms with Crippen LogP contribution in [0.5, 0.6) is 5.75 Å². The van der Waals surface area contributed by atoms with Gasteiger partial charge in [-0.2, -0.15) is 5.10 Å². The fraction of sp³-hybridized carbons (Fsp3) is 0.211. The van der Waals surface area contributed by atoms with E-state index in [2.05, 4.69) is 20.5 Å². The SMILES string of the molecule is COc1ccc(-c2n[nH]c(CNC(=O)c3cc(S(=O)(=O)N(C)C)ccc3Cl)n2)cc1. The first-order valence-electron chi connectivity index (χ1n) is 8.78. The van der Waals surface area contributed by atoms with Gasteiger partial charge in [0.2, 0.25) is 10.0 Å². The zero-order valence-corrected chi connectivity index (χ0v) is 18.1. The standard InChI is InChI=1S/C19H20ClN5O4S/c1-25(2)30(27,28)14-8-9-16(20)15(10-14)19(26)21-11-17-22-18(24-23-17)12-4-6-13(29-3)7-5-12/h4-10H,11H2,1-3H3,(H,21,26)(H,22,23,24). The van der Waals surface area contributed by atoms with Crippen LogP contribution in [0.2, 0.25) is 5.02 Å². The van der Waals surface area contributed by atoms with E-state index in [9.17, 15) is 13.2 Å². The minimum absolute atomic E-state index is 0.0245. The molecule has 11 heteroatoms. The van der Waals surface area contributed by atoms with Crippen molar-refractivity contribution in [1.29, 1.82) is 0 Å². The molecule has 2 aromatic carbocycles. The van der Waals surface area contributed by atoms with Crippen LogP contribution in [-0.2, 0) is 16.6 Å². The summed E-state index contributed by atoms with van der Waals surface area (Å²) in [5.41, 5.74) is 0.837. The van der Waals surface area contributed by atoms with Crippen LogP contribution >= 0.6 is 11.6 Å². The van der Waals surface area contributed by atoms with E-state index in [1.54, 1.807) is 19.2 Å².